The molecule has 0 spiro atoms. The third kappa shape index (κ3) is 4.01. The van der Waals surface area contributed by atoms with E-state index in [0.717, 1.165) is 23.3 Å². The predicted molar refractivity (Wildman–Crippen MR) is 115 cm³/mol. The number of hydrogen-bond acceptors (Lipinski definition) is 6. The molecule has 1 aliphatic heterocycles. The number of amides is 2. The zero-order valence-corrected chi connectivity index (χ0v) is 18.0. The molecule has 0 unspecified atom stereocenters. The highest BCUT2D eigenvalue weighted by Gasteiger charge is 2.49. The number of benzene rings is 1. The number of anilines is 1. The van der Waals surface area contributed by atoms with Gasteiger partial charge in [0.15, 0.2) is 9.84 Å². The number of carbonyl (C=O) groups excluding carboxylic acids is 2. The van der Waals surface area contributed by atoms with Crippen LogP contribution in [0.15, 0.2) is 36.4 Å². The summed E-state index contributed by atoms with van der Waals surface area (Å²) >= 11 is 1.34. The number of nitrogens with one attached hydrogen (secondary N) is 2. The smallest absolute Gasteiger partial charge is 0.245 e. The van der Waals surface area contributed by atoms with Gasteiger partial charge in [0.2, 0.25) is 11.8 Å². The van der Waals surface area contributed by atoms with Gasteiger partial charge in [-0.3, -0.25) is 14.8 Å². The zero-order valence-electron chi connectivity index (χ0n) is 16.4. The van der Waals surface area contributed by atoms with Crippen molar-refractivity contribution >= 4 is 38.7 Å². The second-order valence-electron chi connectivity index (χ2n) is 7.99. The van der Waals surface area contributed by atoms with E-state index in [-0.39, 0.29) is 24.0 Å². The quantitative estimate of drug-likeness (QED) is 0.463. The van der Waals surface area contributed by atoms with Crippen LogP contribution >= 0.6 is 11.3 Å². The summed E-state index contributed by atoms with van der Waals surface area (Å²) in [4.78, 5) is 25.5. The molecule has 1 saturated heterocycles. The molecule has 30 heavy (non-hydrogen) atoms. The van der Waals surface area contributed by atoms with E-state index in [4.69, 9.17) is 5.21 Å². The second-order valence-corrected chi connectivity index (χ2v) is 11.5. The van der Waals surface area contributed by atoms with Gasteiger partial charge in [0, 0.05) is 21.4 Å². The molecule has 7 nitrogen and oxygen atoms in total. The van der Waals surface area contributed by atoms with Crippen molar-refractivity contribution < 1.29 is 23.2 Å². The average Bonchev–Trinajstić information content (AvgIpc) is 3.46. The first-order valence-electron chi connectivity index (χ1n) is 10.0. The maximum absolute atomic E-state index is 13.0. The molecule has 2 aromatic rings. The van der Waals surface area contributed by atoms with Gasteiger partial charge >= 0.3 is 0 Å². The van der Waals surface area contributed by atoms with Crippen LogP contribution in [0.5, 0.6) is 0 Å². The molecule has 3 N–H and O–H groups in total. The van der Waals surface area contributed by atoms with Crippen molar-refractivity contribution in [3.05, 3.63) is 41.3 Å². The largest absolute Gasteiger partial charge is 0.326 e. The summed E-state index contributed by atoms with van der Waals surface area (Å²) in [5.74, 6) is -0.542. The number of rotatable bonds is 6. The Labute approximate surface area is 179 Å². The highest BCUT2D eigenvalue weighted by atomic mass is 32.2. The third-order valence-corrected chi connectivity index (χ3v) is 9.88. The molecule has 2 aliphatic rings. The summed E-state index contributed by atoms with van der Waals surface area (Å²) in [6, 6.07) is 11.1. The SMILES string of the molecule is O=C(C[C@]1(c2ccc(-c3cccc(NC(=O)C4CC4)c3)s2)CCCCS1(=O)=O)NO. The third-order valence-electron chi connectivity index (χ3n) is 5.83. The molecule has 0 bridgehead atoms. The lowest BCUT2D eigenvalue weighted by atomic mass is 9.94. The number of hydroxylamine groups is 1. The van der Waals surface area contributed by atoms with E-state index in [9.17, 15) is 18.0 Å². The van der Waals surface area contributed by atoms with E-state index in [1.165, 1.54) is 11.3 Å². The number of hydrogen-bond donors (Lipinski definition) is 3. The zero-order chi connectivity index (χ0) is 21.4. The van der Waals surface area contributed by atoms with Gasteiger partial charge in [-0.15, -0.1) is 11.3 Å². The highest BCUT2D eigenvalue weighted by molar-refractivity contribution is 7.92. The first-order valence-corrected chi connectivity index (χ1v) is 12.5. The van der Waals surface area contributed by atoms with Crippen molar-refractivity contribution in [2.75, 3.05) is 11.1 Å². The molecule has 1 aliphatic carbocycles. The minimum absolute atomic E-state index is 0.0290. The van der Waals surface area contributed by atoms with E-state index in [2.05, 4.69) is 5.32 Å². The molecule has 1 atom stereocenters. The highest BCUT2D eigenvalue weighted by Crippen LogP contribution is 2.47. The summed E-state index contributed by atoms with van der Waals surface area (Å²) in [5.41, 5.74) is 3.16. The number of sulfone groups is 1. The van der Waals surface area contributed by atoms with Gasteiger partial charge in [-0.2, -0.15) is 0 Å². The van der Waals surface area contributed by atoms with Crippen LogP contribution in [0.4, 0.5) is 5.69 Å². The van der Waals surface area contributed by atoms with Gasteiger partial charge in [0.1, 0.15) is 4.75 Å². The average molecular weight is 449 g/mol. The fourth-order valence-corrected chi connectivity index (χ4v) is 7.77. The Bertz CT molecular complexity index is 1070. The summed E-state index contributed by atoms with van der Waals surface area (Å²) in [7, 11) is -3.56. The topological polar surface area (TPSA) is 113 Å². The fourth-order valence-electron chi connectivity index (χ4n) is 3.99. The van der Waals surface area contributed by atoms with Crippen LogP contribution in [0.3, 0.4) is 0 Å². The summed E-state index contributed by atoms with van der Waals surface area (Å²) in [6.45, 7) is 0. The molecule has 0 radical (unpaired) electrons. The van der Waals surface area contributed by atoms with Gasteiger partial charge in [0.05, 0.1) is 12.2 Å². The van der Waals surface area contributed by atoms with Crippen molar-refractivity contribution in [3.63, 3.8) is 0 Å². The first kappa shape index (κ1) is 21.0. The van der Waals surface area contributed by atoms with Crippen LogP contribution in [0.2, 0.25) is 0 Å². The lowest BCUT2D eigenvalue weighted by Crippen LogP contribution is -2.43. The minimum Gasteiger partial charge on any atom is -0.326 e. The Morgan fingerprint density at radius 2 is 1.97 bits per heavy atom. The maximum Gasteiger partial charge on any atom is 0.245 e. The van der Waals surface area contributed by atoms with Crippen LogP contribution in [0, 0.1) is 5.92 Å². The monoisotopic (exact) mass is 448 g/mol. The van der Waals surface area contributed by atoms with Gasteiger partial charge in [-0.05, 0) is 55.5 Å². The van der Waals surface area contributed by atoms with Gasteiger partial charge in [-0.25, -0.2) is 13.9 Å². The molecule has 2 fully saturated rings. The second kappa shape index (κ2) is 8.13. The summed E-state index contributed by atoms with van der Waals surface area (Å²) < 4.78 is 24.8. The lowest BCUT2D eigenvalue weighted by Gasteiger charge is -2.35. The Balaban J connectivity index is 1.66. The molecule has 1 saturated carbocycles. The van der Waals surface area contributed by atoms with Gasteiger partial charge in [-0.1, -0.05) is 18.6 Å². The van der Waals surface area contributed by atoms with E-state index in [1.54, 1.807) is 11.5 Å². The van der Waals surface area contributed by atoms with Crippen molar-refractivity contribution in [3.8, 4) is 10.4 Å². The number of carbonyl (C=O) groups is 2. The van der Waals surface area contributed by atoms with Gasteiger partial charge in [0.25, 0.3) is 0 Å². The fraction of sp³-hybridized carbons (Fsp3) is 0.429. The van der Waals surface area contributed by atoms with Crippen LogP contribution in [-0.4, -0.2) is 31.2 Å². The lowest BCUT2D eigenvalue weighted by molar-refractivity contribution is -0.130. The van der Waals surface area contributed by atoms with Crippen molar-refractivity contribution in [2.24, 2.45) is 5.92 Å². The van der Waals surface area contributed by atoms with Crippen LogP contribution in [-0.2, 0) is 24.2 Å². The Hall–Kier alpha value is -2.23. The molecule has 2 heterocycles. The molecular formula is C21H24N2O5S2. The minimum atomic E-state index is -3.56. The molecule has 9 heteroatoms. The first-order chi connectivity index (χ1) is 14.3. The van der Waals surface area contributed by atoms with Crippen molar-refractivity contribution in [2.45, 2.75) is 43.3 Å². The number of thiophene rings is 1. The van der Waals surface area contributed by atoms with Crippen LogP contribution in [0.1, 0.15) is 43.4 Å². The molecule has 1 aromatic carbocycles. The molecule has 2 amide bonds. The van der Waals surface area contributed by atoms with E-state index < -0.39 is 20.5 Å². The maximum atomic E-state index is 13.0. The molecular weight excluding hydrogens is 424 g/mol. The Morgan fingerprint density at radius 1 is 1.17 bits per heavy atom. The Morgan fingerprint density at radius 3 is 2.67 bits per heavy atom. The normalized spacial score (nSPS) is 23.0. The predicted octanol–water partition coefficient (Wildman–Crippen LogP) is 3.45. The van der Waals surface area contributed by atoms with Crippen LogP contribution in [0.25, 0.3) is 10.4 Å². The Kier molecular flexibility index (Phi) is 5.69. The van der Waals surface area contributed by atoms with Gasteiger partial charge < -0.3 is 5.32 Å². The van der Waals surface area contributed by atoms with E-state index in [0.29, 0.717) is 29.8 Å². The van der Waals surface area contributed by atoms with Crippen molar-refractivity contribution in [1.82, 2.24) is 5.48 Å². The van der Waals surface area contributed by atoms with E-state index >= 15 is 0 Å². The standard InChI is InChI=1S/C21H24N2O5S2/c24-19(23-26)13-21(10-1-2-11-30(21,27)28)18-9-8-17(29-18)15-4-3-5-16(12-15)22-20(25)14-6-7-14/h3-5,8-9,12,14,26H,1-2,6-7,10-11,13H2,(H,22,25)(H,23,24)/t21-/m0/s1. The molecule has 4 rings (SSSR count). The molecule has 1 aromatic heterocycles. The summed E-state index contributed by atoms with van der Waals surface area (Å²) in [6.07, 6.45) is 3.18. The van der Waals surface area contributed by atoms with Crippen LogP contribution < -0.4 is 10.8 Å². The molecule has 160 valence electrons. The summed E-state index contributed by atoms with van der Waals surface area (Å²) in [5, 5.41) is 11.9. The van der Waals surface area contributed by atoms with Crippen molar-refractivity contribution in [1.29, 1.82) is 0 Å². The van der Waals surface area contributed by atoms with E-state index in [1.807, 2.05) is 30.3 Å².